The van der Waals surface area contributed by atoms with Crippen LogP contribution in [0.2, 0.25) is 10.0 Å². The van der Waals surface area contributed by atoms with Crippen LogP contribution >= 0.6 is 45.8 Å². The van der Waals surface area contributed by atoms with Gasteiger partial charge in [0.15, 0.2) is 0 Å². The van der Waals surface area contributed by atoms with Gasteiger partial charge in [0.25, 0.3) is 0 Å². The van der Waals surface area contributed by atoms with Crippen molar-refractivity contribution in [3.05, 3.63) is 56.1 Å². The molecule has 0 N–H and O–H groups in total. The molecular weight excluding hydrogens is 482 g/mol. The Morgan fingerprint density at radius 1 is 0.875 bits per heavy atom. The minimum Gasteiger partial charge on any atom is -0.369 e. The molecule has 0 amide bonds. The first-order chi connectivity index (χ1) is 11.4. The van der Waals surface area contributed by atoms with Crippen LogP contribution in [0.4, 0.5) is 5.69 Å². The highest BCUT2D eigenvalue weighted by atomic mass is 127. The summed E-state index contributed by atoms with van der Waals surface area (Å²) in [6.45, 7) is 2.10. The average molecular weight is 497 g/mol. The zero-order valence-electron chi connectivity index (χ0n) is 12.6. The van der Waals surface area contributed by atoms with Crippen LogP contribution in [0.5, 0.6) is 0 Å². The molecule has 1 aliphatic heterocycles. The maximum Gasteiger partial charge on any atom is 0.243 e. The van der Waals surface area contributed by atoms with Gasteiger partial charge in [0, 0.05) is 35.4 Å². The van der Waals surface area contributed by atoms with Crippen LogP contribution in [-0.2, 0) is 10.0 Å². The third-order valence-corrected chi connectivity index (χ3v) is 7.33. The fraction of sp³-hybridized carbons (Fsp3) is 0.250. The first-order valence-electron chi connectivity index (χ1n) is 7.33. The second-order valence-corrected chi connectivity index (χ2v) is 9.44. The van der Waals surface area contributed by atoms with Crippen molar-refractivity contribution in [3.8, 4) is 0 Å². The fourth-order valence-electron chi connectivity index (χ4n) is 2.62. The van der Waals surface area contributed by atoms with Crippen molar-refractivity contribution in [2.24, 2.45) is 0 Å². The summed E-state index contributed by atoms with van der Waals surface area (Å²) in [6, 6.07) is 12.4. The molecule has 0 saturated carbocycles. The molecule has 2 aromatic carbocycles. The Kier molecular flexibility index (Phi) is 5.61. The van der Waals surface area contributed by atoms with Gasteiger partial charge in [-0.05, 0) is 65.1 Å². The molecule has 0 radical (unpaired) electrons. The van der Waals surface area contributed by atoms with Gasteiger partial charge in [-0.25, -0.2) is 8.42 Å². The molecule has 1 fully saturated rings. The standard InChI is InChI=1S/C16H15Cl2IN2O2S/c17-15-6-3-13(11-16(15)18)20-7-9-21(10-8-20)24(22,23)14-4-1-12(19)2-5-14/h1-6,11H,7-10H2. The second-order valence-electron chi connectivity index (χ2n) is 5.44. The average Bonchev–Trinajstić information content (AvgIpc) is 2.58. The van der Waals surface area contributed by atoms with Crippen LogP contribution < -0.4 is 4.90 Å². The van der Waals surface area contributed by atoms with E-state index in [1.165, 1.54) is 4.31 Å². The third-order valence-electron chi connectivity index (χ3n) is 3.96. The molecule has 8 heteroatoms. The Morgan fingerprint density at radius 3 is 2.08 bits per heavy atom. The van der Waals surface area contributed by atoms with E-state index in [-0.39, 0.29) is 0 Å². The molecule has 0 spiro atoms. The van der Waals surface area contributed by atoms with Gasteiger partial charge in [0.1, 0.15) is 0 Å². The van der Waals surface area contributed by atoms with Crippen molar-refractivity contribution in [2.45, 2.75) is 4.90 Å². The van der Waals surface area contributed by atoms with Gasteiger partial charge in [0.05, 0.1) is 14.9 Å². The SMILES string of the molecule is O=S(=O)(c1ccc(I)cc1)N1CCN(c2ccc(Cl)c(Cl)c2)CC1. The predicted octanol–water partition coefficient (Wildman–Crippen LogP) is 4.11. The Balaban J connectivity index is 1.72. The highest BCUT2D eigenvalue weighted by Gasteiger charge is 2.28. The van der Waals surface area contributed by atoms with Crippen molar-refractivity contribution in [3.63, 3.8) is 0 Å². The molecule has 0 aliphatic carbocycles. The van der Waals surface area contributed by atoms with Crippen molar-refractivity contribution in [1.82, 2.24) is 4.31 Å². The lowest BCUT2D eigenvalue weighted by Crippen LogP contribution is -2.48. The number of sulfonamides is 1. The lowest BCUT2D eigenvalue weighted by Gasteiger charge is -2.35. The Morgan fingerprint density at radius 2 is 1.50 bits per heavy atom. The van der Waals surface area contributed by atoms with Crippen molar-refractivity contribution in [1.29, 1.82) is 0 Å². The van der Waals surface area contributed by atoms with Gasteiger partial charge in [-0.1, -0.05) is 23.2 Å². The fourth-order valence-corrected chi connectivity index (χ4v) is 4.70. The van der Waals surface area contributed by atoms with Crippen LogP contribution in [0.1, 0.15) is 0 Å². The number of hydrogen-bond donors (Lipinski definition) is 0. The van der Waals surface area contributed by atoms with Crippen molar-refractivity contribution >= 4 is 61.5 Å². The number of halogens is 3. The van der Waals surface area contributed by atoms with Crippen LogP contribution in [0, 0.1) is 3.57 Å². The molecule has 0 atom stereocenters. The summed E-state index contributed by atoms with van der Waals surface area (Å²) < 4.78 is 28.0. The summed E-state index contributed by atoms with van der Waals surface area (Å²) in [5, 5.41) is 1.02. The summed E-state index contributed by atoms with van der Waals surface area (Å²) in [5.74, 6) is 0. The van der Waals surface area contributed by atoms with E-state index in [0.29, 0.717) is 41.1 Å². The molecular formula is C16H15Cl2IN2O2S. The number of benzene rings is 2. The molecule has 2 aromatic rings. The minimum atomic E-state index is -3.44. The van der Waals surface area contributed by atoms with E-state index in [1.807, 2.05) is 12.1 Å². The molecule has 1 heterocycles. The number of rotatable bonds is 3. The van der Waals surface area contributed by atoms with Crippen molar-refractivity contribution < 1.29 is 8.42 Å². The van der Waals surface area contributed by atoms with Gasteiger partial charge in [0.2, 0.25) is 10.0 Å². The van der Waals surface area contributed by atoms with Crippen LogP contribution in [-0.4, -0.2) is 38.9 Å². The molecule has 0 aromatic heterocycles. The summed E-state index contributed by atoms with van der Waals surface area (Å²) in [7, 11) is -3.44. The summed E-state index contributed by atoms with van der Waals surface area (Å²) in [4.78, 5) is 2.45. The smallest absolute Gasteiger partial charge is 0.243 e. The lowest BCUT2D eigenvalue weighted by molar-refractivity contribution is 0.385. The Hall–Kier alpha value is -0.540. The molecule has 0 bridgehead atoms. The highest BCUT2D eigenvalue weighted by molar-refractivity contribution is 14.1. The minimum absolute atomic E-state index is 0.339. The van der Waals surface area contributed by atoms with Gasteiger partial charge in [-0.2, -0.15) is 4.31 Å². The quantitative estimate of drug-likeness (QED) is 0.600. The molecule has 24 heavy (non-hydrogen) atoms. The van der Waals surface area contributed by atoms with Gasteiger partial charge in [-0.3, -0.25) is 0 Å². The van der Waals surface area contributed by atoms with E-state index in [2.05, 4.69) is 27.5 Å². The van der Waals surface area contributed by atoms with E-state index < -0.39 is 10.0 Å². The first kappa shape index (κ1) is 18.3. The number of piperazine rings is 1. The van der Waals surface area contributed by atoms with Crippen LogP contribution in [0.25, 0.3) is 0 Å². The third kappa shape index (κ3) is 3.83. The molecule has 1 saturated heterocycles. The monoisotopic (exact) mass is 496 g/mol. The van der Waals surface area contributed by atoms with Gasteiger partial charge in [-0.15, -0.1) is 0 Å². The zero-order chi connectivity index (χ0) is 17.3. The van der Waals surface area contributed by atoms with Gasteiger partial charge >= 0.3 is 0 Å². The first-order valence-corrected chi connectivity index (χ1v) is 10.6. The number of anilines is 1. The number of hydrogen-bond acceptors (Lipinski definition) is 3. The molecule has 1 aliphatic rings. The summed E-state index contributed by atoms with van der Waals surface area (Å²) >= 11 is 14.2. The second kappa shape index (κ2) is 7.37. The van der Waals surface area contributed by atoms with E-state index in [9.17, 15) is 8.42 Å². The number of nitrogens with zero attached hydrogens (tertiary/aromatic N) is 2. The van der Waals surface area contributed by atoms with Crippen molar-refractivity contribution in [2.75, 3.05) is 31.1 Å². The van der Waals surface area contributed by atoms with E-state index in [1.54, 1.807) is 30.3 Å². The predicted molar refractivity (Wildman–Crippen MR) is 107 cm³/mol. The maximum absolute atomic E-state index is 12.7. The zero-order valence-corrected chi connectivity index (χ0v) is 17.1. The molecule has 4 nitrogen and oxygen atoms in total. The normalized spacial score (nSPS) is 16.4. The Bertz CT molecular complexity index is 836. The van der Waals surface area contributed by atoms with Crippen LogP contribution in [0.3, 0.4) is 0 Å². The summed E-state index contributed by atoms with van der Waals surface area (Å²) in [5.41, 5.74) is 0.954. The summed E-state index contributed by atoms with van der Waals surface area (Å²) in [6.07, 6.45) is 0. The van der Waals surface area contributed by atoms with Gasteiger partial charge < -0.3 is 4.90 Å². The van der Waals surface area contributed by atoms with Crippen LogP contribution in [0.15, 0.2) is 47.4 Å². The largest absolute Gasteiger partial charge is 0.369 e. The highest BCUT2D eigenvalue weighted by Crippen LogP contribution is 2.28. The molecule has 128 valence electrons. The van der Waals surface area contributed by atoms with E-state index >= 15 is 0 Å². The molecule has 0 unspecified atom stereocenters. The lowest BCUT2D eigenvalue weighted by atomic mass is 10.2. The van der Waals surface area contributed by atoms with E-state index in [4.69, 9.17) is 23.2 Å². The van der Waals surface area contributed by atoms with E-state index in [0.717, 1.165) is 9.26 Å². The molecule has 3 rings (SSSR count). The Labute approximate surface area is 165 Å². The topological polar surface area (TPSA) is 40.6 Å². The maximum atomic E-state index is 12.7.